The first-order valence-corrected chi connectivity index (χ1v) is 8.59. The predicted molar refractivity (Wildman–Crippen MR) is 80.5 cm³/mol. The van der Waals surface area contributed by atoms with Crippen LogP contribution in [0.3, 0.4) is 0 Å². The molecule has 1 N–H and O–H groups in total. The van der Waals surface area contributed by atoms with Gasteiger partial charge in [-0.15, -0.1) is 0 Å². The summed E-state index contributed by atoms with van der Waals surface area (Å²) in [7, 11) is 0. The standard InChI is InChI=1S/C16H31N3/c1-2-11-18(10-1)12-3-13-19(16-4-5-16)14-15-6-8-17-9-7-15/h15-17H,1-14H2. The minimum atomic E-state index is 0.952. The van der Waals surface area contributed by atoms with E-state index in [-0.39, 0.29) is 0 Å². The van der Waals surface area contributed by atoms with Crippen LogP contribution < -0.4 is 5.32 Å². The molecule has 3 aliphatic rings. The minimum Gasteiger partial charge on any atom is -0.317 e. The van der Waals surface area contributed by atoms with Gasteiger partial charge in [0.1, 0.15) is 0 Å². The second-order valence-corrected chi connectivity index (χ2v) is 6.82. The topological polar surface area (TPSA) is 18.5 Å². The highest BCUT2D eigenvalue weighted by Gasteiger charge is 2.30. The van der Waals surface area contributed by atoms with Gasteiger partial charge in [0.15, 0.2) is 0 Å². The molecule has 0 bridgehead atoms. The van der Waals surface area contributed by atoms with Crippen LogP contribution in [0.25, 0.3) is 0 Å². The Morgan fingerprint density at radius 3 is 2.42 bits per heavy atom. The third-order valence-electron chi connectivity index (χ3n) is 5.13. The van der Waals surface area contributed by atoms with Crippen molar-refractivity contribution < 1.29 is 0 Å². The molecule has 3 nitrogen and oxygen atoms in total. The maximum absolute atomic E-state index is 3.49. The van der Waals surface area contributed by atoms with Crippen molar-refractivity contribution in [1.29, 1.82) is 0 Å². The monoisotopic (exact) mass is 265 g/mol. The molecule has 2 heterocycles. The molecule has 1 aliphatic carbocycles. The lowest BCUT2D eigenvalue weighted by Gasteiger charge is -2.30. The largest absolute Gasteiger partial charge is 0.317 e. The van der Waals surface area contributed by atoms with E-state index in [1.807, 2.05) is 0 Å². The van der Waals surface area contributed by atoms with E-state index in [0.717, 1.165) is 12.0 Å². The summed E-state index contributed by atoms with van der Waals surface area (Å²) in [5.74, 6) is 0.966. The first-order valence-electron chi connectivity index (χ1n) is 8.59. The molecule has 0 radical (unpaired) electrons. The van der Waals surface area contributed by atoms with Crippen LogP contribution in [0.15, 0.2) is 0 Å². The van der Waals surface area contributed by atoms with Crippen molar-refractivity contribution in [2.24, 2.45) is 5.92 Å². The highest BCUT2D eigenvalue weighted by molar-refractivity contribution is 4.86. The number of rotatable bonds is 7. The third-order valence-corrected chi connectivity index (χ3v) is 5.13. The molecule has 0 aromatic rings. The summed E-state index contributed by atoms with van der Waals surface area (Å²) in [6, 6.07) is 0.952. The van der Waals surface area contributed by atoms with E-state index in [4.69, 9.17) is 0 Å². The molecule has 0 aromatic heterocycles. The van der Waals surface area contributed by atoms with Gasteiger partial charge in [-0.1, -0.05) is 0 Å². The second-order valence-electron chi connectivity index (χ2n) is 6.82. The number of nitrogens with one attached hydrogen (secondary N) is 1. The molecular formula is C16H31N3. The molecule has 3 heteroatoms. The lowest BCUT2D eigenvalue weighted by molar-refractivity contribution is 0.186. The Labute approximate surface area is 118 Å². The van der Waals surface area contributed by atoms with Gasteiger partial charge in [-0.05, 0) is 90.1 Å². The van der Waals surface area contributed by atoms with Crippen LogP contribution in [0, 0.1) is 5.92 Å². The predicted octanol–water partition coefficient (Wildman–Crippen LogP) is 1.94. The van der Waals surface area contributed by atoms with Gasteiger partial charge >= 0.3 is 0 Å². The molecule has 1 saturated carbocycles. The van der Waals surface area contributed by atoms with Crippen LogP contribution in [-0.2, 0) is 0 Å². The summed E-state index contributed by atoms with van der Waals surface area (Å²) >= 11 is 0. The van der Waals surface area contributed by atoms with E-state index in [1.165, 1.54) is 90.8 Å². The molecule has 19 heavy (non-hydrogen) atoms. The summed E-state index contributed by atoms with van der Waals surface area (Å²) in [5, 5.41) is 3.49. The molecule has 0 amide bonds. The molecule has 3 rings (SSSR count). The number of piperidine rings is 1. The van der Waals surface area contributed by atoms with E-state index in [2.05, 4.69) is 15.1 Å². The van der Waals surface area contributed by atoms with Gasteiger partial charge in [-0.3, -0.25) is 0 Å². The van der Waals surface area contributed by atoms with Gasteiger partial charge < -0.3 is 15.1 Å². The zero-order valence-electron chi connectivity index (χ0n) is 12.4. The lowest BCUT2D eigenvalue weighted by Crippen LogP contribution is -2.38. The molecule has 2 aliphatic heterocycles. The average molecular weight is 265 g/mol. The number of hydrogen-bond acceptors (Lipinski definition) is 3. The number of likely N-dealkylation sites (tertiary alicyclic amines) is 1. The third kappa shape index (κ3) is 4.44. The van der Waals surface area contributed by atoms with Gasteiger partial charge in [0.05, 0.1) is 0 Å². The van der Waals surface area contributed by atoms with Crippen LogP contribution in [0.5, 0.6) is 0 Å². The second kappa shape index (κ2) is 7.05. The minimum absolute atomic E-state index is 0.952. The first kappa shape index (κ1) is 13.8. The van der Waals surface area contributed by atoms with Crippen molar-refractivity contribution in [2.75, 3.05) is 45.8 Å². The van der Waals surface area contributed by atoms with E-state index in [0.29, 0.717) is 0 Å². The summed E-state index contributed by atoms with van der Waals surface area (Å²) in [4.78, 5) is 5.49. The zero-order valence-corrected chi connectivity index (χ0v) is 12.4. The molecule has 3 fully saturated rings. The van der Waals surface area contributed by atoms with Crippen molar-refractivity contribution in [1.82, 2.24) is 15.1 Å². The number of hydrogen-bond donors (Lipinski definition) is 1. The quantitative estimate of drug-likeness (QED) is 0.759. The van der Waals surface area contributed by atoms with Gasteiger partial charge in [-0.25, -0.2) is 0 Å². The summed E-state index contributed by atoms with van der Waals surface area (Å²) in [5.41, 5.74) is 0. The first-order chi connectivity index (χ1) is 9.42. The number of nitrogens with zero attached hydrogens (tertiary/aromatic N) is 2. The Balaban J connectivity index is 1.36. The van der Waals surface area contributed by atoms with Crippen LogP contribution in [-0.4, -0.2) is 61.7 Å². The fourth-order valence-electron chi connectivity index (χ4n) is 3.76. The molecular weight excluding hydrogens is 234 g/mol. The van der Waals surface area contributed by atoms with Crippen molar-refractivity contribution in [2.45, 2.75) is 51.0 Å². The van der Waals surface area contributed by atoms with E-state index in [1.54, 1.807) is 0 Å². The van der Waals surface area contributed by atoms with Gasteiger partial charge in [0.2, 0.25) is 0 Å². The Morgan fingerprint density at radius 2 is 1.74 bits per heavy atom. The smallest absolute Gasteiger partial charge is 0.00965 e. The van der Waals surface area contributed by atoms with Crippen molar-refractivity contribution in [3.8, 4) is 0 Å². The molecule has 0 atom stereocenters. The zero-order chi connectivity index (χ0) is 12.9. The lowest BCUT2D eigenvalue weighted by atomic mass is 9.97. The maximum atomic E-state index is 3.49. The van der Waals surface area contributed by atoms with Crippen molar-refractivity contribution in [3.63, 3.8) is 0 Å². The van der Waals surface area contributed by atoms with Gasteiger partial charge in [0.25, 0.3) is 0 Å². The fraction of sp³-hybridized carbons (Fsp3) is 1.00. The average Bonchev–Trinajstić information content (AvgIpc) is 3.16. The van der Waals surface area contributed by atoms with Crippen LogP contribution in [0.2, 0.25) is 0 Å². The summed E-state index contributed by atoms with van der Waals surface area (Å²) < 4.78 is 0. The fourth-order valence-corrected chi connectivity index (χ4v) is 3.76. The van der Waals surface area contributed by atoms with Crippen LogP contribution in [0.1, 0.15) is 44.9 Å². The van der Waals surface area contributed by atoms with Gasteiger partial charge in [-0.2, -0.15) is 0 Å². The molecule has 110 valence electrons. The summed E-state index contributed by atoms with van der Waals surface area (Å²) in [6.07, 6.45) is 9.98. The highest BCUT2D eigenvalue weighted by atomic mass is 15.2. The molecule has 0 unspecified atom stereocenters. The van der Waals surface area contributed by atoms with Crippen molar-refractivity contribution >= 4 is 0 Å². The Bertz CT molecular complexity index is 253. The molecule has 2 saturated heterocycles. The Morgan fingerprint density at radius 1 is 1.00 bits per heavy atom. The highest BCUT2D eigenvalue weighted by Crippen LogP contribution is 2.29. The van der Waals surface area contributed by atoms with E-state index < -0.39 is 0 Å². The van der Waals surface area contributed by atoms with Crippen molar-refractivity contribution in [3.05, 3.63) is 0 Å². The van der Waals surface area contributed by atoms with Gasteiger partial charge in [0, 0.05) is 12.6 Å². The molecule has 0 spiro atoms. The maximum Gasteiger partial charge on any atom is 0.00965 e. The van der Waals surface area contributed by atoms with E-state index in [9.17, 15) is 0 Å². The van der Waals surface area contributed by atoms with E-state index >= 15 is 0 Å². The Hall–Kier alpha value is -0.120. The van der Waals surface area contributed by atoms with Crippen LogP contribution in [0.4, 0.5) is 0 Å². The summed E-state index contributed by atoms with van der Waals surface area (Å²) in [6.45, 7) is 9.29. The SMILES string of the molecule is C1CCN(CCCN(CC2CCNCC2)C2CC2)C1. The normalized spacial score (nSPS) is 26.4. The van der Waals surface area contributed by atoms with Crippen LogP contribution >= 0.6 is 0 Å². The molecule has 0 aromatic carbocycles. The Kier molecular flexibility index (Phi) is 5.14.